The van der Waals surface area contributed by atoms with Crippen molar-refractivity contribution in [1.82, 2.24) is 25.4 Å². The van der Waals surface area contributed by atoms with E-state index in [9.17, 15) is 45.4 Å². The zero-order valence-electron chi connectivity index (χ0n) is 21.1. The van der Waals surface area contributed by atoms with Crippen molar-refractivity contribution in [1.29, 1.82) is 0 Å². The molecular formula is C24H26F7N5O4. The highest BCUT2D eigenvalue weighted by atomic mass is 19.4. The number of carbonyl (C=O) groups is 2. The number of ether oxygens (including phenoxy) is 1. The van der Waals surface area contributed by atoms with Crippen LogP contribution in [0.2, 0.25) is 0 Å². The quantitative estimate of drug-likeness (QED) is 0.463. The fraction of sp³-hybridized carbons (Fsp3) is 0.583. The molecule has 2 atom stereocenters. The molecule has 0 spiro atoms. The number of nitrogens with zero attached hydrogens (tertiary/aromatic N) is 3. The summed E-state index contributed by atoms with van der Waals surface area (Å²) >= 11 is 0. The summed E-state index contributed by atoms with van der Waals surface area (Å²) < 4.78 is 100. The molecule has 2 amide bonds. The number of nitrogens with one attached hydrogen (secondary N) is 2. The molecule has 0 bridgehead atoms. The number of likely N-dealkylation sites (tertiary alicyclic amines) is 1. The number of aromatic amines is 1. The van der Waals surface area contributed by atoms with Crippen molar-refractivity contribution < 1.29 is 50.2 Å². The zero-order chi connectivity index (χ0) is 29.5. The Bertz CT molecular complexity index is 1240. The van der Waals surface area contributed by atoms with Crippen molar-refractivity contribution in [3.63, 3.8) is 0 Å². The summed E-state index contributed by atoms with van der Waals surface area (Å²) in [5, 5.41) is 18.5. The van der Waals surface area contributed by atoms with E-state index in [1.165, 1.54) is 13.2 Å². The van der Waals surface area contributed by atoms with Crippen LogP contribution in [0, 0.1) is 11.7 Å². The van der Waals surface area contributed by atoms with E-state index in [2.05, 4.69) is 20.5 Å². The molecule has 1 saturated carbocycles. The largest absolute Gasteiger partial charge is 0.481 e. The van der Waals surface area contributed by atoms with Gasteiger partial charge in [-0.3, -0.25) is 14.7 Å². The fourth-order valence-electron chi connectivity index (χ4n) is 5.05. The topological polar surface area (TPSA) is 120 Å². The molecule has 40 heavy (non-hydrogen) atoms. The highest BCUT2D eigenvalue weighted by molar-refractivity contribution is 5.94. The summed E-state index contributed by atoms with van der Waals surface area (Å²) in [6, 6.07) is -0.745. The number of pyridine rings is 1. The van der Waals surface area contributed by atoms with Crippen molar-refractivity contribution in [3.05, 3.63) is 29.8 Å². The van der Waals surface area contributed by atoms with Crippen molar-refractivity contribution in [2.75, 3.05) is 13.7 Å². The van der Waals surface area contributed by atoms with Crippen LogP contribution < -0.4 is 10.1 Å². The summed E-state index contributed by atoms with van der Waals surface area (Å²) in [7, 11) is 1.30. The lowest BCUT2D eigenvalue weighted by Gasteiger charge is -2.40. The average Bonchev–Trinajstić information content (AvgIpc) is 3.38. The number of halogens is 7. The van der Waals surface area contributed by atoms with Gasteiger partial charge in [0.05, 0.1) is 19.0 Å². The minimum Gasteiger partial charge on any atom is -0.481 e. The molecule has 220 valence electrons. The number of rotatable bonds is 5. The summed E-state index contributed by atoms with van der Waals surface area (Å²) in [5.74, 6) is -3.71. The van der Waals surface area contributed by atoms with Crippen LogP contribution in [0.4, 0.5) is 30.7 Å². The Morgan fingerprint density at radius 3 is 2.42 bits per heavy atom. The van der Waals surface area contributed by atoms with Crippen molar-refractivity contribution >= 4 is 11.8 Å². The van der Waals surface area contributed by atoms with Gasteiger partial charge in [-0.25, -0.2) is 9.37 Å². The lowest BCUT2D eigenvalue weighted by Crippen LogP contribution is -2.56. The highest BCUT2D eigenvalue weighted by Gasteiger charge is 2.55. The Hall–Kier alpha value is -3.43. The number of aliphatic hydroxyl groups is 1. The fourth-order valence-corrected chi connectivity index (χ4v) is 5.05. The first-order valence-electron chi connectivity index (χ1n) is 12.4. The van der Waals surface area contributed by atoms with Gasteiger partial charge in [0, 0.05) is 30.1 Å². The van der Waals surface area contributed by atoms with E-state index in [0.717, 1.165) is 12.3 Å². The van der Waals surface area contributed by atoms with Crippen LogP contribution in [0.15, 0.2) is 18.3 Å². The predicted molar refractivity (Wildman–Crippen MR) is 123 cm³/mol. The number of H-pyrrole nitrogens is 1. The number of amides is 2. The molecule has 9 nitrogen and oxygen atoms in total. The molecule has 1 saturated heterocycles. The predicted octanol–water partition coefficient (Wildman–Crippen LogP) is 3.75. The van der Waals surface area contributed by atoms with Crippen LogP contribution in [0.5, 0.6) is 5.88 Å². The summed E-state index contributed by atoms with van der Waals surface area (Å²) in [6.07, 6.45) is -11.4. The average molecular weight is 581 g/mol. The molecule has 0 unspecified atom stereocenters. The van der Waals surface area contributed by atoms with E-state index < -0.39 is 85.1 Å². The van der Waals surface area contributed by atoms with E-state index in [4.69, 9.17) is 4.74 Å². The zero-order valence-corrected chi connectivity index (χ0v) is 21.1. The summed E-state index contributed by atoms with van der Waals surface area (Å²) in [6.45, 7) is -0.445. The highest BCUT2D eigenvalue weighted by Crippen LogP contribution is 2.42. The van der Waals surface area contributed by atoms with E-state index >= 15 is 0 Å². The number of piperidine rings is 1. The van der Waals surface area contributed by atoms with E-state index in [1.54, 1.807) is 0 Å². The second-order valence-electron chi connectivity index (χ2n) is 9.96. The lowest BCUT2D eigenvalue weighted by atomic mass is 9.81. The molecular weight excluding hydrogens is 555 g/mol. The van der Waals surface area contributed by atoms with Gasteiger partial charge in [0.1, 0.15) is 6.04 Å². The Labute approximate surface area is 223 Å². The Morgan fingerprint density at radius 2 is 1.82 bits per heavy atom. The first-order valence-corrected chi connectivity index (χ1v) is 12.4. The van der Waals surface area contributed by atoms with Gasteiger partial charge in [-0.1, -0.05) is 0 Å². The number of methoxy groups -OCH3 is 1. The minimum atomic E-state index is -4.90. The SMILES string of the molecule is COc1cc(-c2cc(C(=O)N3CC[C@H](C(=O)NC4CCC(O)(C(F)(F)F)CC4)C[C@H]3C(F)(F)F)n[nH]2)c(F)cn1. The normalized spacial score (nSPS) is 25.9. The third-order valence-electron chi connectivity index (χ3n) is 7.43. The molecule has 2 fully saturated rings. The van der Waals surface area contributed by atoms with Crippen LogP contribution in [-0.4, -0.2) is 80.7 Å². The van der Waals surface area contributed by atoms with Gasteiger partial charge in [0.25, 0.3) is 5.91 Å². The summed E-state index contributed by atoms with van der Waals surface area (Å²) in [5.41, 5.74) is -3.33. The van der Waals surface area contributed by atoms with Gasteiger partial charge in [0.2, 0.25) is 11.8 Å². The van der Waals surface area contributed by atoms with Crippen LogP contribution in [-0.2, 0) is 4.79 Å². The smallest absolute Gasteiger partial charge is 0.417 e. The molecule has 1 aliphatic carbocycles. The monoisotopic (exact) mass is 581 g/mol. The molecule has 4 rings (SSSR count). The minimum absolute atomic E-state index is 0.00396. The molecule has 0 radical (unpaired) electrons. The number of hydrogen-bond donors (Lipinski definition) is 3. The number of hydrogen-bond acceptors (Lipinski definition) is 6. The van der Waals surface area contributed by atoms with Crippen LogP contribution >= 0.6 is 0 Å². The molecule has 2 aliphatic rings. The maximum Gasteiger partial charge on any atom is 0.417 e. The molecule has 2 aromatic heterocycles. The molecule has 3 heterocycles. The van der Waals surface area contributed by atoms with Crippen LogP contribution in [0.25, 0.3) is 11.3 Å². The van der Waals surface area contributed by atoms with Crippen molar-refractivity contribution in [3.8, 4) is 17.1 Å². The molecule has 2 aromatic rings. The number of carbonyl (C=O) groups excluding carboxylic acids is 2. The second-order valence-corrected chi connectivity index (χ2v) is 9.96. The first-order chi connectivity index (χ1) is 18.6. The Balaban J connectivity index is 1.43. The van der Waals surface area contributed by atoms with Crippen molar-refractivity contribution in [2.24, 2.45) is 5.92 Å². The van der Waals surface area contributed by atoms with Gasteiger partial charge in [0.15, 0.2) is 17.1 Å². The molecule has 1 aliphatic heterocycles. The number of alkyl halides is 6. The maximum absolute atomic E-state index is 14.2. The molecule has 3 N–H and O–H groups in total. The van der Waals surface area contributed by atoms with Crippen LogP contribution in [0.1, 0.15) is 49.0 Å². The standard InChI is InChI=1S/C24H26F7N5O4/c1-40-19-9-14(15(25)11-32-19)16-10-17(35-34-16)21(38)36-7-4-12(8-18(36)23(26,27)28)20(37)33-13-2-5-22(39,6-3-13)24(29,30)31/h9-13,18,39H,2-8H2,1H3,(H,33,37)(H,34,35)/t12-,13?,18-,22?/m0/s1. The third-order valence-corrected chi connectivity index (χ3v) is 7.43. The van der Waals surface area contributed by atoms with Gasteiger partial charge in [-0.15, -0.1) is 0 Å². The molecule has 16 heteroatoms. The summed E-state index contributed by atoms with van der Waals surface area (Å²) in [4.78, 5) is 30.0. The van der Waals surface area contributed by atoms with Crippen LogP contribution in [0.3, 0.4) is 0 Å². The lowest BCUT2D eigenvalue weighted by molar-refractivity contribution is -0.270. The first kappa shape index (κ1) is 29.6. The number of aromatic nitrogens is 3. The maximum atomic E-state index is 14.2. The van der Waals surface area contributed by atoms with Crippen molar-refractivity contribution in [2.45, 2.75) is 68.6 Å². The van der Waals surface area contributed by atoms with E-state index in [1.807, 2.05) is 0 Å². The van der Waals surface area contributed by atoms with Gasteiger partial charge in [-0.05, 0) is 44.6 Å². The Kier molecular flexibility index (Phi) is 8.02. The van der Waals surface area contributed by atoms with Gasteiger partial charge >= 0.3 is 12.4 Å². The Morgan fingerprint density at radius 1 is 1.15 bits per heavy atom. The third kappa shape index (κ3) is 6.00. The van der Waals surface area contributed by atoms with E-state index in [0.29, 0.717) is 4.90 Å². The van der Waals surface area contributed by atoms with Gasteiger partial charge in [-0.2, -0.15) is 31.4 Å². The molecule has 0 aromatic carbocycles. The van der Waals surface area contributed by atoms with Gasteiger partial charge < -0.3 is 20.1 Å². The van der Waals surface area contributed by atoms with E-state index in [-0.39, 0.29) is 36.4 Å². The second kappa shape index (κ2) is 10.9.